The molecule has 0 saturated carbocycles. The lowest BCUT2D eigenvalue weighted by atomic mass is 10.2. The van der Waals surface area contributed by atoms with Crippen molar-refractivity contribution in [1.29, 1.82) is 0 Å². The van der Waals surface area contributed by atoms with Crippen LogP contribution in [0.1, 0.15) is 11.5 Å². The molecule has 3 rings (SSSR count). The monoisotopic (exact) mass is 368 g/mol. The number of carbonyl (C=O) groups is 1. The van der Waals surface area contributed by atoms with E-state index in [9.17, 15) is 4.79 Å². The Balaban J connectivity index is 1.59. The number of aromatic nitrogens is 2. The average Bonchev–Trinajstić information content (AvgIpc) is 3.13. The first-order valence-electron chi connectivity index (χ1n) is 8.25. The Morgan fingerprint density at radius 1 is 1.11 bits per heavy atom. The molecule has 0 aliphatic heterocycles. The van der Waals surface area contributed by atoms with Crippen LogP contribution < -0.4 is 20.1 Å². The number of ether oxygens (including phenoxy) is 2. The van der Waals surface area contributed by atoms with Gasteiger partial charge in [-0.2, -0.15) is 4.98 Å². The lowest BCUT2D eigenvalue weighted by Gasteiger charge is -2.12. The Bertz CT molecular complexity index is 922. The van der Waals surface area contributed by atoms with E-state index in [2.05, 4.69) is 20.8 Å². The maximum Gasteiger partial charge on any atom is 0.319 e. The van der Waals surface area contributed by atoms with Gasteiger partial charge in [-0.1, -0.05) is 5.16 Å². The number of benzene rings is 2. The maximum absolute atomic E-state index is 12.2. The van der Waals surface area contributed by atoms with Gasteiger partial charge in [-0.15, -0.1) is 0 Å². The molecule has 2 amide bonds. The number of nitrogens with zero attached hydrogens (tertiary/aromatic N) is 2. The molecule has 0 atom stereocenters. The molecule has 1 aromatic heterocycles. The highest BCUT2D eigenvalue weighted by Crippen LogP contribution is 2.24. The normalized spacial score (nSPS) is 10.3. The summed E-state index contributed by atoms with van der Waals surface area (Å²) >= 11 is 0. The van der Waals surface area contributed by atoms with E-state index in [-0.39, 0.29) is 6.03 Å². The van der Waals surface area contributed by atoms with E-state index in [4.69, 9.17) is 14.0 Å². The summed E-state index contributed by atoms with van der Waals surface area (Å²) in [7, 11) is 3.17. The molecule has 0 spiro atoms. The molecule has 0 radical (unpaired) electrons. The quantitative estimate of drug-likeness (QED) is 0.692. The minimum Gasteiger partial charge on any atom is -0.497 e. The van der Waals surface area contributed by atoms with E-state index in [0.29, 0.717) is 35.4 Å². The van der Waals surface area contributed by atoms with Gasteiger partial charge in [0.25, 0.3) is 0 Å². The molecule has 3 aromatic rings. The van der Waals surface area contributed by atoms with E-state index in [1.165, 1.54) is 0 Å². The molecule has 0 aliphatic rings. The van der Waals surface area contributed by atoms with Crippen molar-refractivity contribution in [2.24, 2.45) is 0 Å². The second-order valence-electron chi connectivity index (χ2n) is 5.70. The molecular weight excluding hydrogens is 348 g/mol. The van der Waals surface area contributed by atoms with E-state index >= 15 is 0 Å². The summed E-state index contributed by atoms with van der Waals surface area (Å²) in [5.74, 6) is 2.38. The van der Waals surface area contributed by atoms with Crippen LogP contribution in [0.15, 0.2) is 47.0 Å². The lowest BCUT2D eigenvalue weighted by Crippen LogP contribution is -2.28. The van der Waals surface area contributed by atoms with Crippen molar-refractivity contribution in [1.82, 2.24) is 15.5 Å². The molecule has 0 bridgehead atoms. The van der Waals surface area contributed by atoms with Crippen molar-refractivity contribution in [3.63, 3.8) is 0 Å². The van der Waals surface area contributed by atoms with Gasteiger partial charge in [0.15, 0.2) is 0 Å². The third-order valence-electron chi connectivity index (χ3n) is 3.86. The molecule has 0 saturated heterocycles. The van der Waals surface area contributed by atoms with Crippen molar-refractivity contribution in [2.45, 2.75) is 13.5 Å². The van der Waals surface area contributed by atoms with Gasteiger partial charge in [-0.05, 0) is 42.5 Å². The minimum absolute atomic E-state index is 0.298. The highest BCUT2D eigenvalue weighted by molar-refractivity contribution is 5.89. The first-order valence-corrected chi connectivity index (χ1v) is 8.25. The summed E-state index contributed by atoms with van der Waals surface area (Å²) in [6.45, 7) is 2.03. The summed E-state index contributed by atoms with van der Waals surface area (Å²) in [5, 5.41) is 9.44. The number of hydrogen-bond donors (Lipinski definition) is 2. The van der Waals surface area contributed by atoms with Gasteiger partial charge in [0.2, 0.25) is 11.7 Å². The van der Waals surface area contributed by atoms with Crippen molar-refractivity contribution >= 4 is 11.7 Å². The fourth-order valence-electron chi connectivity index (χ4n) is 2.49. The SMILES string of the molecule is COc1ccc(OC)c(CNC(=O)Nc2ccc(-c3noc(C)n3)cc2)c1. The second kappa shape index (κ2) is 8.22. The number of methoxy groups -OCH3 is 2. The molecule has 27 heavy (non-hydrogen) atoms. The van der Waals surface area contributed by atoms with E-state index in [1.807, 2.05) is 18.2 Å². The zero-order valence-corrected chi connectivity index (χ0v) is 15.3. The Morgan fingerprint density at radius 2 is 1.89 bits per heavy atom. The molecule has 8 nitrogen and oxygen atoms in total. The number of carbonyl (C=O) groups excluding carboxylic acids is 1. The van der Waals surface area contributed by atoms with Gasteiger partial charge in [0.1, 0.15) is 11.5 Å². The molecule has 2 N–H and O–H groups in total. The topological polar surface area (TPSA) is 98.5 Å². The van der Waals surface area contributed by atoms with Crippen LogP contribution in [0.2, 0.25) is 0 Å². The summed E-state index contributed by atoms with van der Waals surface area (Å²) in [5.41, 5.74) is 2.27. The van der Waals surface area contributed by atoms with Crippen LogP contribution in [0.25, 0.3) is 11.4 Å². The Kier molecular flexibility index (Phi) is 5.55. The molecule has 8 heteroatoms. The van der Waals surface area contributed by atoms with Crippen LogP contribution in [0.3, 0.4) is 0 Å². The third kappa shape index (κ3) is 4.55. The van der Waals surface area contributed by atoms with Crippen LogP contribution in [-0.2, 0) is 6.54 Å². The highest BCUT2D eigenvalue weighted by atomic mass is 16.5. The molecule has 0 aliphatic carbocycles. The van der Waals surface area contributed by atoms with Crippen LogP contribution in [0, 0.1) is 6.92 Å². The van der Waals surface area contributed by atoms with E-state index in [0.717, 1.165) is 11.1 Å². The average molecular weight is 368 g/mol. The van der Waals surface area contributed by atoms with Crippen LogP contribution >= 0.6 is 0 Å². The summed E-state index contributed by atoms with van der Waals surface area (Å²) in [6, 6.07) is 12.3. The molecule has 0 unspecified atom stereocenters. The smallest absolute Gasteiger partial charge is 0.319 e. The summed E-state index contributed by atoms with van der Waals surface area (Å²) in [6.07, 6.45) is 0. The van der Waals surface area contributed by atoms with Gasteiger partial charge in [0.05, 0.1) is 14.2 Å². The van der Waals surface area contributed by atoms with Gasteiger partial charge < -0.3 is 24.6 Å². The fraction of sp³-hybridized carbons (Fsp3) is 0.211. The Labute approximate surface area is 156 Å². The first kappa shape index (κ1) is 18.2. The zero-order chi connectivity index (χ0) is 19.2. The van der Waals surface area contributed by atoms with Gasteiger partial charge >= 0.3 is 6.03 Å². The van der Waals surface area contributed by atoms with Gasteiger partial charge in [-0.3, -0.25) is 0 Å². The van der Waals surface area contributed by atoms with Crippen molar-refractivity contribution in [3.8, 4) is 22.9 Å². The van der Waals surface area contributed by atoms with Crippen LogP contribution in [-0.4, -0.2) is 30.4 Å². The van der Waals surface area contributed by atoms with E-state index < -0.39 is 0 Å². The lowest BCUT2D eigenvalue weighted by molar-refractivity contribution is 0.251. The Hall–Kier alpha value is -3.55. The number of nitrogens with one attached hydrogen (secondary N) is 2. The third-order valence-corrected chi connectivity index (χ3v) is 3.86. The first-order chi connectivity index (χ1) is 13.1. The number of aryl methyl sites for hydroxylation is 1. The van der Waals surface area contributed by atoms with Gasteiger partial charge in [0, 0.05) is 30.3 Å². The zero-order valence-electron chi connectivity index (χ0n) is 15.3. The number of hydrogen-bond acceptors (Lipinski definition) is 6. The predicted molar refractivity (Wildman–Crippen MR) is 99.9 cm³/mol. The van der Waals surface area contributed by atoms with Gasteiger partial charge in [-0.25, -0.2) is 4.79 Å². The van der Waals surface area contributed by atoms with E-state index in [1.54, 1.807) is 45.4 Å². The summed E-state index contributed by atoms with van der Waals surface area (Å²) in [4.78, 5) is 16.3. The molecule has 140 valence electrons. The molecule has 1 heterocycles. The highest BCUT2D eigenvalue weighted by Gasteiger charge is 2.09. The Morgan fingerprint density at radius 3 is 2.52 bits per heavy atom. The number of rotatable bonds is 6. The molecule has 2 aromatic carbocycles. The van der Waals surface area contributed by atoms with Crippen molar-refractivity contribution in [3.05, 3.63) is 53.9 Å². The number of amides is 2. The number of anilines is 1. The minimum atomic E-state index is -0.331. The molecular formula is C19H20N4O4. The largest absolute Gasteiger partial charge is 0.497 e. The second-order valence-corrected chi connectivity index (χ2v) is 5.70. The fourth-order valence-corrected chi connectivity index (χ4v) is 2.49. The standard InChI is InChI=1S/C19H20N4O4/c1-12-21-18(23-27-12)13-4-6-15(7-5-13)22-19(24)20-11-14-10-16(25-2)8-9-17(14)26-3/h4-10H,11H2,1-3H3,(H2,20,22,24). The molecule has 0 fully saturated rings. The number of urea groups is 1. The van der Waals surface area contributed by atoms with Crippen LogP contribution in [0.5, 0.6) is 11.5 Å². The van der Waals surface area contributed by atoms with Crippen LogP contribution in [0.4, 0.5) is 10.5 Å². The van der Waals surface area contributed by atoms with Crippen molar-refractivity contribution < 1.29 is 18.8 Å². The maximum atomic E-state index is 12.2. The predicted octanol–water partition coefficient (Wildman–Crippen LogP) is 3.38. The summed E-state index contributed by atoms with van der Waals surface area (Å²) < 4.78 is 15.5. The van der Waals surface area contributed by atoms with Crippen molar-refractivity contribution in [2.75, 3.05) is 19.5 Å².